The average Bonchev–Trinajstić information content (AvgIpc) is 3.32. The van der Waals surface area contributed by atoms with Gasteiger partial charge in [0, 0.05) is 22.3 Å². The first-order valence-corrected chi connectivity index (χ1v) is 19.7. The molecule has 2 heteroatoms. The summed E-state index contributed by atoms with van der Waals surface area (Å²) in [6.07, 6.45) is 0. The summed E-state index contributed by atoms with van der Waals surface area (Å²) in [5.41, 5.74) is 17.7. The van der Waals surface area contributed by atoms with E-state index in [1.807, 2.05) is 24.3 Å². The Bertz CT molecular complexity index is 2880. The van der Waals surface area contributed by atoms with Crippen LogP contribution < -0.4 is 0 Å². The standard InChI is InChI=1S/C56H38N2/c1-5-14-43(15-6-1)53-35-49(36-54(57-53)44-16-7-2-8-17-44)40-26-24-39(25-27-40)47-32-33-52-48(34-47)22-13-23-51(52)42-30-28-41(29-31-42)50-37-55(45-18-9-3-10-19-45)58-56(38-50)46-20-11-4-12-21-46/h1-38H. The second-order valence-electron chi connectivity index (χ2n) is 14.6. The third-order valence-electron chi connectivity index (χ3n) is 10.9. The first-order chi connectivity index (χ1) is 28.7. The minimum absolute atomic E-state index is 0.965. The van der Waals surface area contributed by atoms with Gasteiger partial charge in [-0.3, -0.25) is 0 Å². The van der Waals surface area contributed by atoms with Crippen LogP contribution in [-0.2, 0) is 0 Å². The van der Waals surface area contributed by atoms with E-state index < -0.39 is 0 Å². The quantitative estimate of drug-likeness (QED) is 0.155. The van der Waals surface area contributed by atoms with Crippen LogP contribution in [0.4, 0.5) is 0 Å². The van der Waals surface area contributed by atoms with Gasteiger partial charge < -0.3 is 0 Å². The number of nitrogens with zero attached hydrogens (tertiary/aromatic N) is 2. The molecule has 0 bridgehead atoms. The van der Waals surface area contributed by atoms with Gasteiger partial charge >= 0.3 is 0 Å². The summed E-state index contributed by atoms with van der Waals surface area (Å²) in [4.78, 5) is 10.1. The molecule has 10 aromatic rings. The van der Waals surface area contributed by atoms with E-state index in [0.29, 0.717) is 0 Å². The van der Waals surface area contributed by atoms with Crippen molar-refractivity contribution in [3.63, 3.8) is 0 Å². The van der Waals surface area contributed by atoms with Crippen molar-refractivity contribution >= 4 is 10.8 Å². The highest BCUT2D eigenvalue weighted by Crippen LogP contribution is 2.36. The first kappa shape index (κ1) is 34.8. The highest BCUT2D eigenvalue weighted by Gasteiger charge is 2.12. The molecule has 58 heavy (non-hydrogen) atoms. The number of fused-ring (bicyclic) bond motifs is 1. The van der Waals surface area contributed by atoms with Gasteiger partial charge in [-0.2, -0.15) is 0 Å². The van der Waals surface area contributed by atoms with E-state index in [1.54, 1.807) is 0 Å². The highest BCUT2D eigenvalue weighted by atomic mass is 14.7. The summed E-state index contributed by atoms with van der Waals surface area (Å²) in [6.45, 7) is 0. The van der Waals surface area contributed by atoms with E-state index >= 15 is 0 Å². The molecule has 10 rings (SSSR count). The van der Waals surface area contributed by atoms with Crippen LogP contribution in [0.2, 0.25) is 0 Å². The zero-order chi connectivity index (χ0) is 38.7. The fourth-order valence-electron chi connectivity index (χ4n) is 7.83. The molecule has 0 atom stereocenters. The molecule has 2 nitrogen and oxygen atoms in total. The Labute approximate surface area is 339 Å². The van der Waals surface area contributed by atoms with Gasteiger partial charge in [-0.05, 0) is 85.6 Å². The van der Waals surface area contributed by atoms with Crippen LogP contribution >= 0.6 is 0 Å². The van der Waals surface area contributed by atoms with E-state index in [4.69, 9.17) is 9.97 Å². The molecule has 0 aliphatic carbocycles. The van der Waals surface area contributed by atoms with Gasteiger partial charge in [0.25, 0.3) is 0 Å². The summed E-state index contributed by atoms with van der Waals surface area (Å²) in [5, 5.41) is 2.45. The summed E-state index contributed by atoms with van der Waals surface area (Å²) >= 11 is 0. The number of aromatic nitrogens is 2. The normalized spacial score (nSPS) is 11.1. The van der Waals surface area contributed by atoms with Crippen LogP contribution in [-0.4, -0.2) is 9.97 Å². The molecule has 0 spiro atoms. The number of rotatable bonds is 8. The van der Waals surface area contributed by atoms with E-state index in [1.165, 1.54) is 33.0 Å². The van der Waals surface area contributed by atoms with Gasteiger partial charge in [-0.25, -0.2) is 9.97 Å². The van der Waals surface area contributed by atoms with Crippen molar-refractivity contribution in [3.05, 3.63) is 231 Å². The van der Waals surface area contributed by atoms with Crippen molar-refractivity contribution in [1.82, 2.24) is 9.97 Å². The Morgan fingerprint density at radius 1 is 0.207 bits per heavy atom. The molecular weight excluding hydrogens is 701 g/mol. The minimum atomic E-state index is 0.965. The van der Waals surface area contributed by atoms with Crippen molar-refractivity contribution in [2.45, 2.75) is 0 Å². The number of hydrogen-bond acceptors (Lipinski definition) is 2. The number of pyridine rings is 2. The van der Waals surface area contributed by atoms with Crippen LogP contribution in [0.15, 0.2) is 231 Å². The maximum Gasteiger partial charge on any atom is 0.0715 e. The summed E-state index contributed by atoms with van der Waals surface area (Å²) in [5.74, 6) is 0. The Kier molecular flexibility index (Phi) is 9.27. The monoisotopic (exact) mass is 738 g/mol. The second kappa shape index (κ2) is 15.5. The van der Waals surface area contributed by atoms with Gasteiger partial charge in [-0.1, -0.05) is 200 Å². The van der Waals surface area contributed by atoms with Gasteiger partial charge in [0.1, 0.15) is 0 Å². The van der Waals surface area contributed by atoms with Crippen molar-refractivity contribution in [2.75, 3.05) is 0 Å². The van der Waals surface area contributed by atoms with Crippen molar-refractivity contribution in [2.24, 2.45) is 0 Å². The maximum atomic E-state index is 5.07. The topological polar surface area (TPSA) is 25.8 Å². The van der Waals surface area contributed by atoms with Gasteiger partial charge in [0.2, 0.25) is 0 Å². The average molecular weight is 739 g/mol. The lowest BCUT2D eigenvalue weighted by Gasteiger charge is -2.13. The molecule has 2 heterocycles. The van der Waals surface area contributed by atoms with Crippen molar-refractivity contribution < 1.29 is 0 Å². The number of benzene rings is 8. The van der Waals surface area contributed by atoms with E-state index in [9.17, 15) is 0 Å². The predicted molar refractivity (Wildman–Crippen MR) is 243 cm³/mol. The van der Waals surface area contributed by atoms with E-state index in [2.05, 4.69) is 206 Å². The zero-order valence-electron chi connectivity index (χ0n) is 31.8. The van der Waals surface area contributed by atoms with Crippen molar-refractivity contribution in [3.8, 4) is 89.5 Å². The lowest BCUT2D eigenvalue weighted by Crippen LogP contribution is -1.91. The predicted octanol–water partition coefficient (Wildman–Crippen LogP) is 15.0. The van der Waals surface area contributed by atoms with Crippen LogP contribution in [0.1, 0.15) is 0 Å². The Balaban J connectivity index is 0.947. The highest BCUT2D eigenvalue weighted by molar-refractivity contribution is 5.99. The Morgan fingerprint density at radius 3 is 0.948 bits per heavy atom. The summed E-state index contributed by atoms with van der Waals surface area (Å²) in [6, 6.07) is 81.7. The first-order valence-electron chi connectivity index (χ1n) is 19.7. The molecule has 0 radical (unpaired) electrons. The molecule has 0 aliphatic rings. The molecule has 0 fully saturated rings. The van der Waals surface area contributed by atoms with Crippen LogP contribution in [0.5, 0.6) is 0 Å². The molecule has 8 aromatic carbocycles. The lowest BCUT2D eigenvalue weighted by atomic mass is 9.93. The van der Waals surface area contributed by atoms with E-state index in [-0.39, 0.29) is 0 Å². The third-order valence-corrected chi connectivity index (χ3v) is 10.9. The molecule has 272 valence electrons. The fraction of sp³-hybridized carbons (Fsp3) is 0. The minimum Gasteiger partial charge on any atom is -0.248 e. The fourth-order valence-corrected chi connectivity index (χ4v) is 7.83. The van der Waals surface area contributed by atoms with Crippen LogP contribution in [0, 0.1) is 0 Å². The third kappa shape index (κ3) is 7.11. The molecular formula is C56H38N2. The number of hydrogen-bond donors (Lipinski definition) is 0. The Morgan fingerprint density at radius 2 is 0.552 bits per heavy atom. The molecule has 0 aliphatic heterocycles. The van der Waals surface area contributed by atoms with Gasteiger partial charge in [0.05, 0.1) is 22.8 Å². The van der Waals surface area contributed by atoms with E-state index in [0.717, 1.165) is 67.3 Å². The molecule has 0 N–H and O–H groups in total. The molecule has 0 saturated heterocycles. The molecule has 0 saturated carbocycles. The second-order valence-corrected chi connectivity index (χ2v) is 14.6. The molecule has 2 aromatic heterocycles. The summed E-state index contributed by atoms with van der Waals surface area (Å²) < 4.78 is 0. The van der Waals surface area contributed by atoms with Gasteiger partial charge in [-0.15, -0.1) is 0 Å². The maximum absolute atomic E-state index is 5.07. The molecule has 0 amide bonds. The largest absolute Gasteiger partial charge is 0.248 e. The summed E-state index contributed by atoms with van der Waals surface area (Å²) in [7, 11) is 0. The van der Waals surface area contributed by atoms with Crippen LogP contribution in [0.25, 0.3) is 100 Å². The van der Waals surface area contributed by atoms with Crippen LogP contribution in [0.3, 0.4) is 0 Å². The SMILES string of the molecule is c1ccc(-c2cc(-c3ccc(-c4ccc5c(-c6ccc(-c7cc(-c8ccccc8)nc(-c8ccccc8)c7)cc6)cccc5c4)cc3)cc(-c3ccccc3)n2)cc1. The zero-order valence-corrected chi connectivity index (χ0v) is 31.8. The smallest absolute Gasteiger partial charge is 0.0715 e. The lowest BCUT2D eigenvalue weighted by molar-refractivity contribution is 1.32. The van der Waals surface area contributed by atoms with Crippen molar-refractivity contribution in [1.29, 1.82) is 0 Å². The Hall–Kier alpha value is -7.68. The van der Waals surface area contributed by atoms with Gasteiger partial charge in [0.15, 0.2) is 0 Å². The molecule has 0 unspecified atom stereocenters.